The molecule has 0 atom stereocenters. The van der Waals surface area contributed by atoms with Crippen LogP contribution in [0.5, 0.6) is 5.75 Å². The Morgan fingerprint density at radius 1 is 1.12 bits per heavy atom. The molecule has 0 saturated carbocycles. The highest BCUT2D eigenvalue weighted by Gasteiger charge is 2.12. The minimum atomic E-state index is -3.78. The summed E-state index contributed by atoms with van der Waals surface area (Å²) in [5, 5.41) is 3.90. The van der Waals surface area contributed by atoms with Crippen molar-refractivity contribution in [1.82, 2.24) is 4.83 Å². The van der Waals surface area contributed by atoms with Crippen LogP contribution in [0.2, 0.25) is 0 Å². The van der Waals surface area contributed by atoms with E-state index in [0.717, 1.165) is 29.9 Å². The van der Waals surface area contributed by atoms with Gasteiger partial charge < -0.3 is 4.74 Å². The van der Waals surface area contributed by atoms with Crippen molar-refractivity contribution in [3.05, 3.63) is 59.9 Å². The zero-order valence-corrected chi connectivity index (χ0v) is 14.3. The van der Waals surface area contributed by atoms with E-state index in [2.05, 4.69) is 9.93 Å². The fourth-order valence-corrected chi connectivity index (χ4v) is 2.85. The molecule has 0 aliphatic rings. The average Bonchev–Trinajstić information content (AvgIpc) is 2.59. The molecule has 0 amide bonds. The Labute approximate surface area is 141 Å². The maximum Gasteiger partial charge on any atom is 0.276 e. The second kappa shape index (κ2) is 7.92. The fraction of sp³-hybridized carbons (Fsp3) is 0.235. The van der Waals surface area contributed by atoms with E-state index >= 15 is 0 Å². The molecule has 0 radical (unpaired) electrons. The fourth-order valence-electron chi connectivity index (χ4n) is 1.98. The molecule has 128 valence electrons. The Balaban J connectivity index is 1.94. The topological polar surface area (TPSA) is 67.8 Å². The molecule has 0 unspecified atom stereocenters. The highest BCUT2D eigenvalue weighted by atomic mass is 32.2. The van der Waals surface area contributed by atoms with Crippen molar-refractivity contribution in [3.8, 4) is 5.75 Å². The van der Waals surface area contributed by atoms with Gasteiger partial charge >= 0.3 is 0 Å². The Morgan fingerprint density at radius 2 is 1.75 bits per heavy atom. The van der Waals surface area contributed by atoms with Gasteiger partial charge in [0.25, 0.3) is 10.0 Å². The molecule has 0 fully saturated rings. The maximum atomic E-state index is 12.8. The number of rotatable bonds is 7. The van der Waals surface area contributed by atoms with Crippen molar-refractivity contribution in [3.63, 3.8) is 0 Å². The number of methoxy groups -OCH3 is 1. The van der Waals surface area contributed by atoms with Gasteiger partial charge in [-0.15, -0.1) is 0 Å². The first kappa shape index (κ1) is 17.9. The minimum absolute atomic E-state index is 0.0318. The normalized spacial score (nSPS) is 12.0. The molecule has 1 N–H and O–H groups in total. The zero-order chi connectivity index (χ0) is 17.6. The van der Waals surface area contributed by atoms with Crippen LogP contribution in [-0.4, -0.2) is 21.2 Å². The number of nitrogens with one attached hydrogen (secondary N) is 1. The summed E-state index contributed by atoms with van der Waals surface area (Å²) >= 11 is 0. The minimum Gasteiger partial charge on any atom is -0.497 e. The summed E-state index contributed by atoms with van der Waals surface area (Å²) in [7, 11) is -2.17. The molecule has 2 aromatic rings. The van der Waals surface area contributed by atoms with E-state index in [0.29, 0.717) is 12.1 Å². The molecule has 0 heterocycles. The smallest absolute Gasteiger partial charge is 0.276 e. The highest BCUT2D eigenvalue weighted by Crippen LogP contribution is 2.13. The Hall–Kier alpha value is -2.41. The summed E-state index contributed by atoms with van der Waals surface area (Å²) in [6, 6.07) is 12.2. The molecule has 0 spiro atoms. The first-order valence-corrected chi connectivity index (χ1v) is 8.82. The van der Waals surface area contributed by atoms with Crippen LogP contribution in [0.25, 0.3) is 0 Å². The third-order valence-electron chi connectivity index (χ3n) is 3.42. The standard InChI is InChI=1S/C17H19FN2O3S/c1-13(3-4-14-5-9-16(23-2)10-6-14)19-20-24(21,22)17-11-7-15(18)8-12-17/h5-12,20H,3-4H2,1-2H3/b19-13-. The van der Waals surface area contributed by atoms with Gasteiger partial charge in [-0.05, 0) is 61.7 Å². The van der Waals surface area contributed by atoms with Crippen molar-refractivity contribution in [2.45, 2.75) is 24.7 Å². The van der Waals surface area contributed by atoms with Crippen LogP contribution < -0.4 is 9.57 Å². The maximum absolute atomic E-state index is 12.8. The van der Waals surface area contributed by atoms with Gasteiger partial charge in [-0.1, -0.05) is 12.1 Å². The lowest BCUT2D eigenvalue weighted by Gasteiger charge is -2.06. The van der Waals surface area contributed by atoms with Crippen LogP contribution in [0.15, 0.2) is 58.5 Å². The van der Waals surface area contributed by atoms with Crippen LogP contribution in [-0.2, 0) is 16.4 Å². The number of ether oxygens (including phenoxy) is 1. The predicted molar refractivity (Wildman–Crippen MR) is 91.1 cm³/mol. The third kappa shape index (κ3) is 5.06. The largest absolute Gasteiger partial charge is 0.497 e. The van der Waals surface area contributed by atoms with E-state index in [1.807, 2.05) is 24.3 Å². The van der Waals surface area contributed by atoms with Gasteiger partial charge in [0.2, 0.25) is 0 Å². The van der Waals surface area contributed by atoms with Crippen molar-refractivity contribution >= 4 is 15.7 Å². The number of hydrazone groups is 1. The van der Waals surface area contributed by atoms with Gasteiger partial charge in [0, 0.05) is 5.71 Å². The summed E-state index contributed by atoms with van der Waals surface area (Å²) < 4.78 is 42.0. The number of benzene rings is 2. The van der Waals surface area contributed by atoms with E-state index in [9.17, 15) is 12.8 Å². The van der Waals surface area contributed by atoms with Crippen molar-refractivity contribution in [1.29, 1.82) is 0 Å². The number of sulfonamides is 1. The zero-order valence-electron chi connectivity index (χ0n) is 13.5. The first-order valence-electron chi connectivity index (χ1n) is 7.34. The molecular weight excluding hydrogens is 331 g/mol. The summed E-state index contributed by atoms with van der Waals surface area (Å²) in [5.74, 6) is 0.296. The van der Waals surface area contributed by atoms with Gasteiger partial charge in [0.05, 0.1) is 12.0 Å². The van der Waals surface area contributed by atoms with Gasteiger partial charge in [0.1, 0.15) is 11.6 Å². The van der Waals surface area contributed by atoms with Crippen molar-refractivity contribution < 1.29 is 17.5 Å². The molecule has 0 aliphatic carbocycles. The number of aryl methyl sites for hydroxylation is 1. The number of hydrogen-bond acceptors (Lipinski definition) is 4. The van der Waals surface area contributed by atoms with E-state index < -0.39 is 15.8 Å². The molecule has 0 aromatic heterocycles. The Bertz CT molecular complexity index is 801. The summed E-state index contributed by atoms with van der Waals surface area (Å²) in [4.78, 5) is 2.13. The highest BCUT2D eigenvalue weighted by molar-refractivity contribution is 7.89. The second-order valence-corrected chi connectivity index (χ2v) is 6.90. The summed E-state index contributed by atoms with van der Waals surface area (Å²) in [5.41, 5.74) is 1.75. The van der Waals surface area contributed by atoms with Crippen LogP contribution in [0.3, 0.4) is 0 Å². The molecule has 0 bridgehead atoms. The number of halogens is 1. The SMILES string of the molecule is COc1ccc(CC/C(C)=N\NS(=O)(=O)c2ccc(F)cc2)cc1. The lowest BCUT2D eigenvalue weighted by molar-refractivity contribution is 0.414. The molecule has 2 aromatic carbocycles. The first-order chi connectivity index (χ1) is 11.4. The van der Waals surface area contributed by atoms with E-state index in [1.54, 1.807) is 14.0 Å². The molecule has 7 heteroatoms. The number of hydrogen-bond donors (Lipinski definition) is 1. The summed E-state index contributed by atoms with van der Waals surface area (Å²) in [6.07, 6.45) is 1.34. The molecule has 0 aliphatic heterocycles. The molecule has 2 rings (SSSR count). The average molecular weight is 350 g/mol. The van der Waals surface area contributed by atoms with E-state index in [-0.39, 0.29) is 4.90 Å². The van der Waals surface area contributed by atoms with Crippen LogP contribution >= 0.6 is 0 Å². The van der Waals surface area contributed by atoms with Crippen LogP contribution in [0, 0.1) is 5.82 Å². The predicted octanol–water partition coefficient (Wildman–Crippen LogP) is 3.12. The molecule has 24 heavy (non-hydrogen) atoms. The second-order valence-electron chi connectivity index (χ2n) is 5.24. The van der Waals surface area contributed by atoms with E-state index in [1.165, 1.54) is 12.1 Å². The van der Waals surface area contributed by atoms with E-state index in [4.69, 9.17) is 4.74 Å². The quantitative estimate of drug-likeness (QED) is 0.616. The molecule has 5 nitrogen and oxygen atoms in total. The van der Waals surface area contributed by atoms with Crippen molar-refractivity contribution in [2.75, 3.05) is 7.11 Å². The lowest BCUT2D eigenvalue weighted by Crippen LogP contribution is -2.19. The number of nitrogens with zero attached hydrogens (tertiary/aromatic N) is 1. The van der Waals surface area contributed by atoms with Gasteiger partial charge in [-0.2, -0.15) is 13.5 Å². The van der Waals surface area contributed by atoms with Gasteiger partial charge in [-0.25, -0.2) is 9.22 Å². The molecule has 0 saturated heterocycles. The Kier molecular flexibility index (Phi) is 5.92. The monoisotopic (exact) mass is 350 g/mol. The van der Waals surface area contributed by atoms with Crippen LogP contribution in [0.1, 0.15) is 18.9 Å². The van der Waals surface area contributed by atoms with Gasteiger partial charge in [-0.3, -0.25) is 0 Å². The summed E-state index contributed by atoms with van der Waals surface area (Å²) in [6.45, 7) is 1.75. The Morgan fingerprint density at radius 3 is 2.33 bits per heavy atom. The van der Waals surface area contributed by atoms with Crippen molar-refractivity contribution in [2.24, 2.45) is 5.10 Å². The van der Waals surface area contributed by atoms with Crippen LogP contribution in [0.4, 0.5) is 4.39 Å². The third-order valence-corrected chi connectivity index (χ3v) is 4.64. The molecular formula is C17H19FN2O3S. The van der Waals surface area contributed by atoms with Gasteiger partial charge in [0.15, 0.2) is 0 Å². The lowest BCUT2D eigenvalue weighted by atomic mass is 10.1.